The van der Waals surface area contributed by atoms with Gasteiger partial charge in [0.15, 0.2) is 5.96 Å². The van der Waals surface area contributed by atoms with E-state index in [2.05, 4.69) is 36.4 Å². The molecule has 2 aliphatic rings. The summed E-state index contributed by atoms with van der Waals surface area (Å²) in [6, 6.07) is 6.88. The largest absolute Gasteiger partial charge is 0.377 e. The number of fused-ring (bicyclic) bond motifs is 1. The molecule has 1 aliphatic heterocycles. The van der Waals surface area contributed by atoms with Crippen molar-refractivity contribution in [3.8, 4) is 0 Å². The summed E-state index contributed by atoms with van der Waals surface area (Å²) in [5.74, 6) is 1.17. The van der Waals surface area contributed by atoms with E-state index in [-0.39, 0.29) is 35.2 Å². The molecule has 140 valence electrons. The summed E-state index contributed by atoms with van der Waals surface area (Å²) in [6.45, 7) is 8.82. The van der Waals surface area contributed by atoms with Crippen molar-refractivity contribution in [2.24, 2.45) is 16.3 Å². The number of hydrogen-bond acceptors (Lipinski definition) is 2. The van der Waals surface area contributed by atoms with Crippen LogP contribution in [0.4, 0.5) is 4.39 Å². The van der Waals surface area contributed by atoms with Crippen LogP contribution in [0.2, 0.25) is 0 Å². The second-order valence-electron chi connectivity index (χ2n) is 7.36. The molecule has 1 aliphatic carbocycles. The lowest BCUT2D eigenvalue weighted by molar-refractivity contribution is -0.188. The first-order valence-corrected chi connectivity index (χ1v) is 8.93. The van der Waals surface area contributed by atoms with E-state index in [1.54, 1.807) is 12.1 Å². The zero-order valence-electron chi connectivity index (χ0n) is 15.2. The highest BCUT2D eigenvalue weighted by Crippen LogP contribution is 2.51. The third kappa shape index (κ3) is 4.45. The van der Waals surface area contributed by atoms with Crippen LogP contribution in [0, 0.1) is 17.2 Å². The van der Waals surface area contributed by atoms with Crippen molar-refractivity contribution in [2.45, 2.75) is 52.3 Å². The number of aliphatic imine (C=N–C) groups is 1. The van der Waals surface area contributed by atoms with Crippen LogP contribution in [0.5, 0.6) is 0 Å². The normalized spacial score (nSPS) is 27.5. The maximum atomic E-state index is 13.0. The first kappa shape index (κ1) is 20.4. The molecule has 0 radical (unpaired) electrons. The molecule has 4 nitrogen and oxygen atoms in total. The van der Waals surface area contributed by atoms with E-state index in [1.165, 1.54) is 18.6 Å². The average molecular weight is 461 g/mol. The molecule has 0 aromatic heterocycles. The Morgan fingerprint density at radius 1 is 1.32 bits per heavy atom. The number of rotatable bonds is 4. The van der Waals surface area contributed by atoms with Gasteiger partial charge >= 0.3 is 0 Å². The van der Waals surface area contributed by atoms with Gasteiger partial charge in [-0.15, -0.1) is 24.0 Å². The molecule has 1 saturated carbocycles. The summed E-state index contributed by atoms with van der Waals surface area (Å²) in [7, 11) is 0. The minimum Gasteiger partial charge on any atom is -0.377 e. The molecule has 25 heavy (non-hydrogen) atoms. The number of guanidine groups is 1. The first-order chi connectivity index (χ1) is 11.5. The zero-order valence-corrected chi connectivity index (χ0v) is 17.5. The summed E-state index contributed by atoms with van der Waals surface area (Å²) in [5.41, 5.74) is 1.11. The van der Waals surface area contributed by atoms with E-state index in [0.29, 0.717) is 24.6 Å². The van der Waals surface area contributed by atoms with Gasteiger partial charge in [-0.25, -0.2) is 9.38 Å². The van der Waals surface area contributed by atoms with Gasteiger partial charge in [0.2, 0.25) is 0 Å². The number of nitrogens with one attached hydrogen (secondary N) is 2. The van der Waals surface area contributed by atoms with E-state index in [4.69, 9.17) is 4.74 Å². The minimum atomic E-state index is -0.215. The monoisotopic (exact) mass is 461 g/mol. The summed E-state index contributed by atoms with van der Waals surface area (Å²) < 4.78 is 19.0. The van der Waals surface area contributed by atoms with Gasteiger partial charge in [0.1, 0.15) is 5.82 Å². The maximum Gasteiger partial charge on any atom is 0.191 e. The lowest BCUT2D eigenvalue weighted by atomic mass is 9.55. The van der Waals surface area contributed by atoms with Crippen molar-refractivity contribution in [3.05, 3.63) is 35.6 Å². The fourth-order valence-electron chi connectivity index (χ4n) is 4.04. The fourth-order valence-corrected chi connectivity index (χ4v) is 4.04. The SMILES string of the molecule is CCNC(=NCc1ccc(F)cc1)NC1C2CCCOC2C1(C)C.I. The van der Waals surface area contributed by atoms with Crippen LogP contribution >= 0.6 is 24.0 Å². The molecule has 1 aromatic carbocycles. The average Bonchev–Trinajstić information content (AvgIpc) is 2.58. The Hall–Kier alpha value is -0.890. The van der Waals surface area contributed by atoms with Gasteiger partial charge in [-0.2, -0.15) is 0 Å². The van der Waals surface area contributed by atoms with E-state index >= 15 is 0 Å². The van der Waals surface area contributed by atoms with Crippen LogP contribution < -0.4 is 10.6 Å². The van der Waals surface area contributed by atoms with Gasteiger partial charge in [0, 0.05) is 30.5 Å². The van der Waals surface area contributed by atoms with Crippen molar-refractivity contribution >= 4 is 29.9 Å². The quantitative estimate of drug-likeness (QED) is 0.409. The molecule has 0 spiro atoms. The molecule has 3 atom stereocenters. The summed E-state index contributed by atoms with van der Waals surface area (Å²) in [5, 5.41) is 6.93. The lowest BCUT2D eigenvalue weighted by Crippen LogP contribution is -2.71. The highest BCUT2D eigenvalue weighted by atomic mass is 127. The highest BCUT2D eigenvalue weighted by Gasteiger charge is 2.58. The fraction of sp³-hybridized carbons (Fsp3) is 0.632. The van der Waals surface area contributed by atoms with Gasteiger partial charge in [-0.05, 0) is 37.5 Å². The Balaban J connectivity index is 0.00000225. The second kappa shape index (κ2) is 8.66. The topological polar surface area (TPSA) is 45.7 Å². The molecule has 0 amide bonds. The zero-order chi connectivity index (χ0) is 17.2. The van der Waals surface area contributed by atoms with Crippen LogP contribution in [0.1, 0.15) is 39.2 Å². The lowest BCUT2D eigenvalue weighted by Gasteiger charge is -2.60. The van der Waals surface area contributed by atoms with Crippen LogP contribution in [0.3, 0.4) is 0 Å². The van der Waals surface area contributed by atoms with Crippen molar-refractivity contribution in [2.75, 3.05) is 13.2 Å². The molecule has 6 heteroatoms. The molecule has 2 fully saturated rings. The van der Waals surface area contributed by atoms with Gasteiger partial charge in [0.25, 0.3) is 0 Å². The van der Waals surface area contributed by atoms with Crippen molar-refractivity contribution in [1.82, 2.24) is 10.6 Å². The molecule has 1 saturated heterocycles. The highest BCUT2D eigenvalue weighted by molar-refractivity contribution is 14.0. The Morgan fingerprint density at radius 3 is 2.72 bits per heavy atom. The number of benzene rings is 1. The van der Waals surface area contributed by atoms with Crippen LogP contribution in [-0.2, 0) is 11.3 Å². The number of halogens is 2. The van der Waals surface area contributed by atoms with Crippen molar-refractivity contribution in [3.63, 3.8) is 0 Å². The van der Waals surface area contributed by atoms with E-state index in [1.807, 2.05) is 0 Å². The second-order valence-corrected chi connectivity index (χ2v) is 7.36. The Labute approximate surface area is 167 Å². The molecule has 3 unspecified atom stereocenters. The number of ether oxygens (including phenoxy) is 1. The summed E-state index contributed by atoms with van der Waals surface area (Å²) in [4.78, 5) is 4.67. The van der Waals surface area contributed by atoms with E-state index < -0.39 is 0 Å². The first-order valence-electron chi connectivity index (χ1n) is 8.93. The summed E-state index contributed by atoms with van der Waals surface area (Å²) >= 11 is 0. The van der Waals surface area contributed by atoms with Crippen molar-refractivity contribution in [1.29, 1.82) is 0 Å². The van der Waals surface area contributed by atoms with Crippen LogP contribution in [-0.4, -0.2) is 31.3 Å². The summed E-state index contributed by atoms with van der Waals surface area (Å²) in [6.07, 6.45) is 2.70. The van der Waals surface area contributed by atoms with Gasteiger partial charge < -0.3 is 15.4 Å². The third-order valence-electron chi connectivity index (χ3n) is 5.30. The van der Waals surface area contributed by atoms with Crippen LogP contribution in [0.15, 0.2) is 29.3 Å². The van der Waals surface area contributed by atoms with Gasteiger partial charge in [-0.3, -0.25) is 0 Å². The Kier molecular flexibility index (Phi) is 7.08. The Bertz CT molecular complexity index is 591. The molecule has 2 N–H and O–H groups in total. The molecular weight excluding hydrogens is 432 g/mol. The van der Waals surface area contributed by atoms with Gasteiger partial charge in [-0.1, -0.05) is 26.0 Å². The van der Waals surface area contributed by atoms with Crippen LogP contribution in [0.25, 0.3) is 0 Å². The van der Waals surface area contributed by atoms with Gasteiger partial charge in [0.05, 0.1) is 12.6 Å². The smallest absolute Gasteiger partial charge is 0.191 e. The molecule has 0 bridgehead atoms. The molecular formula is C19H29FIN3O. The number of hydrogen-bond donors (Lipinski definition) is 2. The van der Waals surface area contributed by atoms with Crippen molar-refractivity contribution < 1.29 is 9.13 Å². The predicted molar refractivity (Wildman–Crippen MR) is 110 cm³/mol. The van der Waals surface area contributed by atoms with E-state index in [0.717, 1.165) is 31.1 Å². The van der Waals surface area contributed by atoms with E-state index in [9.17, 15) is 4.39 Å². The minimum absolute atomic E-state index is 0. The predicted octanol–water partition coefficient (Wildman–Crippen LogP) is 3.70. The number of nitrogens with zero attached hydrogens (tertiary/aromatic N) is 1. The Morgan fingerprint density at radius 2 is 2.04 bits per heavy atom. The molecule has 1 heterocycles. The third-order valence-corrected chi connectivity index (χ3v) is 5.30. The molecule has 3 rings (SSSR count). The standard InChI is InChI=1S/C19H28FN3O.HI/c1-4-21-18(22-12-13-7-9-14(20)10-8-13)23-16-15-6-5-11-24-17(15)19(16,2)3;/h7-10,15-17H,4-6,11-12H2,1-3H3,(H2,21,22,23);1H. The molecule has 1 aromatic rings. The maximum absolute atomic E-state index is 13.0.